The summed E-state index contributed by atoms with van der Waals surface area (Å²) in [6.07, 6.45) is -0.906. The zero-order chi connectivity index (χ0) is 18.8. The number of nitrogens with zero attached hydrogens (tertiary/aromatic N) is 4. The molecule has 0 spiro atoms. The Morgan fingerprint density at radius 3 is 2.96 bits per heavy atom. The molecular weight excluding hydrogens is 360 g/mol. The molecular formula is C17H17F2N5O3. The molecule has 8 nitrogen and oxygen atoms in total. The van der Waals surface area contributed by atoms with Gasteiger partial charge in [0.2, 0.25) is 0 Å². The number of rotatable bonds is 6. The molecule has 0 saturated carbocycles. The maximum absolute atomic E-state index is 13.3. The van der Waals surface area contributed by atoms with Gasteiger partial charge in [-0.1, -0.05) is 17.3 Å². The summed E-state index contributed by atoms with van der Waals surface area (Å²) in [6.45, 7) is 0.970. The van der Waals surface area contributed by atoms with Crippen LogP contribution in [-0.2, 0) is 11.3 Å². The van der Waals surface area contributed by atoms with Crippen molar-refractivity contribution in [3.63, 3.8) is 0 Å². The van der Waals surface area contributed by atoms with Crippen molar-refractivity contribution >= 4 is 16.9 Å². The predicted molar refractivity (Wildman–Crippen MR) is 89.4 cm³/mol. The first kappa shape index (κ1) is 17.5. The van der Waals surface area contributed by atoms with Crippen molar-refractivity contribution in [3.05, 3.63) is 41.8 Å². The number of amides is 1. The van der Waals surface area contributed by atoms with E-state index in [1.54, 1.807) is 24.3 Å². The minimum absolute atomic E-state index is 0.0118. The van der Waals surface area contributed by atoms with Gasteiger partial charge in [0.05, 0.1) is 23.7 Å². The lowest BCUT2D eigenvalue weighted by Gasteiger charge is -2.08. The number of carbonyl (C=O) groups excluding carboxylic acids is 1. The normalized spacial score (nSPS) is 17.1. The van der Waals surface area contributed by atoms with E-state index in [0.29, 0.717) is 24.2 Å². The lowest BCUT2D eigenvalue weighted by Crippen LogP contribution is -2.31. The summed E-state index contributed by atoms with van der Waals surface area (Å²) in [5.74, 6) is -1.01. The monoisotopic (exact) mass is 377 g/mol. The third kappa shape index (κ3) is 3.65. The van der Waals surface area contributed by atoms with Crippen LogP contribution in [0.1, 0.15) is 41.6 Å². The van der Waals surface area contributed by atoms with Gasteiger partial charge in [0.15, 0.2) is 11.6 Å². The third-order valence-electron chi connectivity index (χ3n) is 4.36. The number of ether oxygens (including phenoxy) is 1. The van der Waals surface area contributed by atoms with Crippen molar-refractivity contribution in [2.45, 2.75) is 31.9 Å². The zero-order valence-electron chi connectivity index (χ0n) is 14.3. The van der Waals surface area contributed by atoms with E-state index in [1.165, 1.54) is 4.57 Å². The van der Waals surface area contributed by atoms with Crippen molar-refractivity contribution in [3.8, 4) is 0 Å². The number of para-hydroxylation sites is 2. The first-order chi connectivity index (χ1) is 13.1. The van der Waals surface area contributed by atoms with Crippen LogP contribution >= 0.6 is 0 Å². The molecule has 142 valence electrons. The van der Waals surface area contributed by atoms with Crippen LogP contribution in [0.5, 0.6) is 0 Å². The summed E-state index contributed by atoms with van der Waals surface area (Å²) in [5.41, 5.74) is 0.979. The number of nitrogens with one attached hydrogen (secondary N) is 1. The van der Waals surface area contributed by atoms with E-state index < -0.39 is 12.3 Å². The van der Waals surface area contributed by atoms with Crippen molar-refractivity contribution in [2.24, 2.45) is 0 Å². The van der Waals surface area contributed by atoms with E-state index in [4.69, 9.17) is 9.26 Å². The van der Waals surface area contributed by atoms with E-state index in [1.807, 2.05) is 0 Å². The van der Waals surface area contributed by atoms with Crippen LogP contribution in [0.3, 0.4) is 0 Å². The molecule has 1 amide bonds. The maximum Gasteiger partial charge on any atom is 0.316 e. The summed E-state index contributed by atoms with van der Waals surface area (Å²) in [6, 6.07) is 6.79. The SMILES string of the molecule is O=C(NC[C@H]1CCCO1)c1nc(Cn2c(C(F)F)nc3ccccc32)no1. The standard InChI is InChI=1S/C17H17F2N5O3/c18-14(19)15-21-11-5-1-2-6-12(11)24(15)9-13-22-17(27-23-13)16(25)20-8-10-4-3-7-26-10/h1-2,5-6,10,14H,3-4,7-9H2,(H,20,25)/t10-/m1/s1. The van der Waals surface area contributed by atoms with Crippen molar-refractivity contribution in [1.82, 2.24) is 25.0 Å². The van der Waals surface area contributed by atoms with Gasteiger partial charge in [-0.15, -0.1) is 0 Å². The second kappa shape index (κ2) is 7.39. The van der Waals surface area contributed by atoms with E-state index in [9.17, 15) is 13.6 Å². The predicted octanol–water partition coefficient (Wildman–Crippen LogP) is 2.31. The number of alkyl halides is 2. The van der Waals surface area contributed by atoms with Crippen LogP contribution in [0.4, 0.5) is 8.78 Å². The highest BCUT2D eigenvalue weighted by molar-refractivity contribution is 5.89. The third-order valence-corrected chi connectivity index (χ3v) is 4.36. The fourth-order valence-electron chi connectivity index (χ4n) is 3.07. The van der Waals surface area contributed by atoms with Gasteiger partial charge < -0.3 is 19.1 Å². The van der Waals surface area contributed by atoms with Gasteiger partial charge >= 0.3 is 11.8 Å². The number of aromatic nitrogens is 4. The topological polar surface area (TPSA) is 95.1 Å². The van der Waals surface area contributed by atoms with Crippen molar-refractivity contribution < 1.29 is 22.8 Å². The van der Waals surface area contributed by atoms with Crippen LogP contribution < -0.4 is 5.32 Å². The first-order valence-corrected chi connectivity index (χ1v) is 8.57. The molecule has 1 fully saturated rings. The number of imidazole rings is 1. The second-order valence-corrected chi connectivity index (χ2v) is 6.21. The van der Waals surface area contributed by atoms with E-state index >= 15 is 0 Å². The number of hydrogen-bond donors (Lipinski definition) is 1. The fourth-order valence-corrected chi connectivity index (χ4v) is 3.07. The molecule has 0 bridgehead atoms. The Morgan fingerprint density at radius 2 is 2.19 bits per heavy atom. The van der Waals surface area contributed by atoms with Gasteiger partial charge in [0.1, 0.15) is 0 Å². The van der Waals surface area contributed by atoms with Crippen LogP contribution in [0.2, 0.25) is 0 Å². The Labute approximate surface area is 152 Å². The number of carbonyl (C=O) groups is 1. The average molecular weight is 377 g/mol. The Balaban J connectivity index is 1.50. The lowest BCUT2D eigenvalue weighted by molar-refractivity contribution is 0.0822. The summed E-state index contributed by atoms with van der Waals surface area (Å²) in [4.78, 5) is 20.1. The van der Waals surface area contributed by atoms with Gasteiger partial charge in [-0.25, -0.2) is 13.8 Å². The summed E-state index contributed by atoms with van der Waals surface area (Å²) in [5, 5.41) is 6.40. The molecule has 10 heteroatoms. The molecule has 0 aliphatic carbocycles. The van der Waals surface area contributed by atoms with Gasteiger partial charge in [0, 0.05) is 13.2 Å². The van der Waals surface area contributed by atoms with E-state index in [-0.39, 0.29) is 30.2 Å². The maximum atomic E-state index is 13.3. The molecule has 1 aliphatic rings. The average Bonchev–Trinajstić information content (AvgIpc) is 3.40. The Morgan fingerprint density at radius 1 is 1.33 bits per heavy atom. The van der Waals surface area contributed by atoms with Gasteiger partial charge in [0.25, 0.3) is 6.43 Å². The van der Waals surface area contributed by atoms with Crippen LogP contribution in [-0.4, -0.2) is 44.9 Å². The van der Waals surface area contributed by atoms with E-state index in [0.717, 1.165) is 12.8 Å². The summed E-state index contributed by atoms with van der Waals surface area (Å²) >= 11 is 0. The molecule has 3 heterocycles. The molecule has 0 unspecified atom stereocenters. The van der Waals surface area contributed by atoms with Crippen molar-refractivity contribution in [1.29, 1.82) is 0 Å². The van der Waals surface area contributed by atoms with Crippen molar-refractivity contribution in [2.75, 3.05) is 13.2 Å². The summed E-state index contributed by atoms with van der Waals surface area (Å²) in [7, 11) is 0. The molecule has 1 aliphatic heterocycles. The second-order valence-electron chi connectivity index (χ2n) is 6.21. The largest absolute Gasteiger partial charge is 0.376 e. The molecule has 3 aromatic rings. The quantitative estimate of drug-likeness (QED) is 0.708. The highest BCUT2D eigenvalue weighted by Crippen LogP contribution is 2.24. The first-order valence-electron chi connectivity index (χ1n) is 8.57. The Bertz CT molecular complexity index is 949. The molecule has 1 aromatic carbocycles. The Hall–Kier alpha value is -2.88. The molecule has 1 saturated heterocycles. The Kier molecular flexibility index (Phi) is 4.80. The number of hydrogen-bond acceptors (Lipinski definition) is 6. The molecule has 27 heavy (non-hydrogen) atoms. The van der Waals surface area contributed by atoms with Gasteiger partial charge in [-0.2, -0.15) is 4.98 Å². The number of benzene rings is 1. The zero-order valence-corrected chi connectivity index (χ0v) is 14.3. The molecule has 1 N–H and O–H groups in total. The minimum atomic E-state index is -2.75. The molecule has 0 radical (unpaired) electrons. The lowest BCUT2D eigenvalue weighted by atomic mass is 10.2. The highest BCUT2D eigenvalue weighted by atomic mass is 19.3. The minimum Gasteiger partial charge on any atom is -0.376 e. The smallest absolute Gasteiger partial charge is 0.316 e. The fraction of sp³-hybridized carbons (Fsp3) is 0.412. The number of fused-ring (bicyclic) bond motifs is 1. The van der Waals surface area contributed by atoms with Gasteiger partial charge in [-0.05, 0) is 25.0 Å². The van der Waals surface area contributed by atoms with Crippen LogP contribution in [0.25, 0.3) is 11.0 Å². The molecule has 2 aromatic heterocycles. The van der Waals surface area contributed by atoms with Crippen LogP contribution in [0, 0.1) is 0 Å². The molecule has 4 rings (SSSR count). The van der Waals surface area contributed by atoms with E-state index in [2.05, 4.69) is 20.4 Å². The summed E-state index contributed by atoms with van der Waals surface area (Å²) < 4.78 is 38.4. The van der Waals surface area contributed by atoms with Crippen LogP contribution in [0.15, 0.2) is 28.8 Å². The molecule has 1 atom stereocenters. The van der Waals surface area contributed by atoms with Gasteiger partial charge in [-0.3, -0.25) is 4.79 Å². The highest BCUT2D eigenvalue weighted by Gasteiger charge is 2.22. The number of halogens is 2.